The number of aryl methyl sites for hydroxylation is 1. The lowest BCUT2D eigenvalue weighted by Crippen LogP contribution is -2.27. The summed E-state index contributed by atoms with van der Waals surface area (Å²) in [5, 5.41) is 8.21. The van der Waals surface area contributed by atoms with Crippen molar-refractivity contribution in [3.05, 3.63) is 51.3 Å². The van der Waals surface area contributed by atoms with E-state index < -0.39 is 0 Å². The van der Waals surface area contributed by atoms with Crippen LogP contribution in [0.3, 0.4) is 0 Å². The maximum absolute atomic E-state index is 12.2. The van der Waals surface area contributed by atoms with Gasteiger partial charge in [0, 0.05) is 11.6 Å². The molecule has 2 rings (SSSR count). The van der Waals surface area contributed by atoms with Crippen molar-refractivity contribution in [3.63, 3.8) is 0 Å². The molecule has 0 aliphatic rings. The molecular weight excluding hydrogens is 321 g/mol. The normalized spacial score (nSPS) is 11.0. The Hall–Kier alpha value is -1.52. The zero-order valence-electron chi connectivity index (χ0n) is 12.9. The van der Waals surface area contributed by atoms with Crippen LogP contribution in [0.25, 0.3) is 0 Å². The standard InChI is InChI=1S/C16H19Cl2N3O/c1-10(2)8-19-16(22)14-11(3)20-21(15(14)18)9-12-6-4-5-7-13(12)17/h4-7,10H,8-9H2,1-3H3,(H,19,22). The highest BCUT2D eigenvalue weighted by Gasteiger charge is 2.20. The van der Waals surface area contributed by atoms with Crippen molar-refractivity contribution < 1.29 is 4.79 Å². The van der Waals surface area contributed by atoms with Crippen LogP contribution in [0.15, 0.2) is 24.3 Å². The predicted octanol–water partition coefficient (Wildman–Crippen LogP) is 3.93. The van der Waals surface area contributed by atoms with E-state index in [1.807, 2.05) is 38.1 Å². The number of nitrogens with zero attached hydrogens (tertiary/aromatic N) is 2. The van der Waals surface area contributed by atoms with Crippen molar-refractivity contribution in [1.29, 1.82) is 0 Å². The minimum Gasteiger partial charge on any atom is -0.352 e. The molecule has 1 aromatic heterocycles. The number of aromatic nitrogens is 2. The molecule has 22 heavy (non-hydrogen) atoms. The molecule has 118 valence electrons. The zero-order valence-corrected chi connectivity index (χ0v) is 14.4. The number of hydrogen-bond donors (Lipinski definition) is 1. The Morgan fingerprint density at radius 1 is 1.32 bits per heavy atom. The number of carbonyl (C=O) groups is 1. The van der Waals surface area contributed by atoms with Crippen LogP contribution in [0.1, 0.15) is 35.5 Å². The Balaban J connectivity index is 2.24. The van der Waals surface area contributed by atoms with E-state index in [1.54, 1.807) is 11.6 Å². The fourth-order valence-electron chi connectivity index (χ4n) is 2.09. The van der Waals surface area contributed by atoms with E-state index in [9.17, 15) is 4.79 Å². The molecule has 0 radical (unpaired) electrons. The van der Waals surface area contributed by atoms with Gasteiger partial charge in [0.25, 0.3) is 5.91 Å². The van der Waals surface area contributed by atoms with Gasteiger partial charge in [-0.2, -0.15) is 5.10 Å². The highest BCUT2D eigenvalue weighted by Crippen LogP contribution is 2.23. The average Bonchev–Trinajstić information content (AvgIpc) is 2.73. The number of carbonyl (C=O) groups excluding carboxylic acids is 1. The Labute approximate surface area is 140 Å². The van der Waals surface area contributed by atoms with Crippen LogP contribution in [-0.4, -0.2) is 22.2 Å². The van der Waals surface area contributed by atoms with E-state index in [2.05, 4.69) is 10.4 Å². The molecule has 0 unspecified atom stereocenters. The third-order valence-electron chi connectivity index (χ3n) is 3.24. The van der Waals surface area contributed by atoms with Crippen molar-refractivity contribution in [2.45, 2.75) is 27.3 Å². The van der Waals surface area contributed by atoms with Crippen LogP contribution < -0.4 is 5.32 Å². The van der Waals surface area contributed by atoms with Gasteiger partial charge in [-0.1, -0.05) is 55.2 Å². The summed E-state index contributed by atoms with van der Waals surface area (Å²) < 4.78 is 1.60. The molecule has 0 saturated carbocycles. The van der Waals surface area contributed by atoms with Gasteiger partial charge in [-0.3, -0.25) is 4.79 Å². The molecule has 0 fully saturated rings. The lowest BCUT2D eigenvalue weighted by atomic mass is 10.2. The molecular formula is C16H19Cl2N3O. The number of rotatable bonds is 5. The predicted molar refractivity (Wildman–Crippen MR) is 89.7 cm³/mol. The number of halogens is 2. The van der Waals surface area contributed by atoms with Gasteiger partial charge in [-0.25, -0.2) is 4.68 Å². The quantitative estimate of drug-likeness (QED) is 0.896. The molecule has 1 N–H and O–H groups in total. The Morgan fingerprint density at radius 3 is 2.64 bits per heavy atom. The second kappa shape index (κ2) is 7.16. The first-order valence-corrected chi connectivity index (χ1v) is 7.90. The summed E-state index contributed by atoms with van der Waals surface area (Å²) in [6.45, 7) is 6.88. The number of amides is 1. The van der Waals surface area contributed by atoms with Crippen molar-refractivity contribution >= 4 is 29.1 Å². The fraction of sp³-hybridized carbons (Fsp3) is 0.375. The Kier molecular flexibility index (Phi) is 5.48. The summed E-state index contributed by atoms with van der Waals surface area (Å²) in [6.07, 6.45) is 0. The SMILES string of the molecule is Cc1nn(Cc2ccccc2Cl)c(Cl)c1C(=O)NCC(C)C. The lowest BCUT2D eigenvalue weighted by molar-refractivity contribution is 0.0948. The van der Waals surface area contributed by atoms with Crippen molar-refractivity contribution in [2.24, 2.45) is 5.92 Å². The molecule has 1 heterocycles. The van der Waals surface area contributed by atoms with Gasteiger partial charge >= 0.3 is 0 Å². The van der Waals surface area contributed by atoms with E-state index in [4.69, 9.17) is 23.2 Å². The molecule has 6 heteroatoms. The van der Waals surface area contributed by atoms with E-state index in [0.29, 0.717) is 40.4 Å². The van der Waals surface area contributed by atoms with Crippen LogP contribution in [0, 0.1) is 12.8 Å². The number of nitrogens with one attached hydrogen (secondary N) is 1. The van der Waals surface area contributed by atoms with Gasteiger partial charge in [0.15, 0.2) is 0 Å². The van der Waals surface area contributed by atoms with Gasteiger partial charge in [-0.15, -0.1) is 0 Å². The van der Waals surface area contributed by atoms with Gasteiger partial charge in [0.1, 0.15) is 5.15 Å². The van der Waals surface area contributed by atoms with Crippen LogP contribution in [-0.2, 0) is 6.54 Å². The maximum atomic E-state index is 12.2. The topological polar surface area (TPSA) is 46.9 Å². The second-order valence-electron chi connectivity index (χ2n) is 5.60. The average molecular weight is 340 g/mol. The van der Waals surface area contributed by atoms with Gasteiger partial charge in [0.05, 0.1) is 17.8 Å². The summed E-state index contributed by atoms with van der Waals surface area (Å²) in [4.78, 5) is 12.2. The third-order valence-corrected chi connectivity index (χ3v) is 3.99. The molecule has 2 aromatic rings. The molecule has 0 spiro atoms. The molecule has 1 aromatic carbocycles. The summed E-state index contributed by atoms with van der Waals surface area (Å²) in [7, 11) is 0. The smallest absolute Gasteiger partial charge is 0.256 e. The first kappa shape index (κ1) is 16.8. The minimum atomic E-state index is -0.193. The van der Waals surface area contributed by atoms with Gasteiger partial charge in [-0.05, 0) is 24.5 Å². The largest absolute Gasteiger partial charge is 0.352 e. The monoisotopic (exact) mass is 339 g/mol. The van der Waals surface area contributed by atoms with Gasteiger partial charge < -0.3 is 5.32 Å². The van der Waals surface area contributed by atoms with Crippen LogP contribution in [0.2, 0.25) is 10.2 Å². The van der Waals surface area contributed by atoms with Crippen molar-refractivity contribution in [3.8, 4) is 0 Å². The maximum Gasteiger partial charge on any atom is 0.256 e. The van der Waals surface area contributed by atoms with Crippen LogP contribution in [0.4, 0.5) is 0 Å². The van der Waals surface area contributed by atoms with E-state index in [-0.39, 0.29) is 5.91 Å². The van der Waals surface area contributed by atoms with Crippen molar-refractivity contribution in [1.82, 2.24) is 15.1 Å². The molecule has 0 aliphatic carbocycles. The molecule has 4 nitrogen and oxygen atoms in total. The summed E-state index contributed by atoms with van der Waals surface area (Å²) in [5.74, 6) is 0.183. The molecule has 0 saturated heterocycles. The lowest BCUT2D eigenvalue weighted by Gasteiger charge is -2.08. The number of hydrogen-bond acceptors (Lipinski definition) is 2. The third kappa shape index (κ3) is 3.81. The molecule has 1 amide bonds. The molecule has 0 bridgehead atoms. The van der Waals surface area contributed by atoms with Gasteiger partial charge in [0.2, 0.25) is 0 Å². The van der Waals surface area contributed by atoms with Crippen LogP contribution >= 0.6 is 23.2 Å². The first-order chi connectivity index (χ1) is 10.4. The Morgan fingerprint density at radius 2 is 2.00 bits per heavy atom. The Bertz CT molecular complexity index is 680. The fourth-order valence-corrected chi connectivity index (χ4v) is 2.60. The molecule has 0 aliphatic heterocycles. The highest BCUT2D eigenvalue weighted by atomic mass is 35.5. The minimum absolute atomic E-state index is 0.193. The first-order valence-electron chi connectivity index (χ1n) is 7.14. The van der Waals surface area contributed by atoms with E-state index in [0.717, 1.165) is 5.56 Å². The number of benzene rings is 1. The summed E-state index contributed by atoms with van der Waals surface area (Å²) >= 11 is 12.5. The van der Waals surface area contributed by atoms with E-state index in [1.165, 1.54) is 0 Å². The zero-order chi connectivity index (χ0) is 16.3. The molecule has 0 atom stereocenters. The second-order valence-corrected chi connectivity index (χ2v) is 6.37. The highest BCUT2D eigenvalue weighted by molar-refractivity contribution is 6.33. The van der Waals surface area contributed by atoms with E-state index >= 15 is 0 Å². The van der Waals surface area contributed by atoms with Crippen molar-refractivity contribution in [2.75, 3.05) is 6.54 Å². The summed E-state index contributed by atoms with van der Waals surface area (Å²) in [6, 6.07) is 7.50. The summed E-state index contributed by atoms with van der Waals surface area (Å²) in [5.41, 5.74) is 1.94. The van der Waals surface area contributed by atoms with Crippen LogP contribution in [0.5, 0.6) is 0 Å².